The molecular formula is C12H13F2NO3S. The quantitative estimate of drug-likeness (QED) is 0.924. The van der Waals surface area contributed by atoms with Crippen molar-refractivity contribution < 1.29 is 22.0 Å². The first kappa shape index (κ1) is 13.9. The maximum atomic E-state index is 13.5. The fourth-order valence-electron chi connectivity index (χ4n) is 1.58. The zero-order valence-electron chi connectivity index (χ0n) is 10.5. The molecule has 1 N–H and O–H groups in total. The van der Waals surface area contributed by atoms with Gasteiger partial charge in [0.05, 0.1) is 10.3 Å². The van der Waals surface area contributed by atoms with Gasteiger partial charge in [-0.3, -0.25) is 4.79 Å². The topological polar surface area (TPSA) is 63.2 Å². The zero-order chi connectivity index (χ0) is 14.4. The van der Waals surface area contributed by atoms with Gasteiger partial charge in [-0.05, 0) is 38.3 Å². The van der Waals surface area contributed by atoms with Crippen LogP contribution in [0.1, 0.15) is 35.7 Å². The molecule has 0 radical (unpaired) electrons. The van der Waals surface area contributed by atoms with Crippen LogP contribution in [0.3, 0.4) is 0 Å². The average molecular weight is 289 g/mol. The lowest BCUT2D eigenvalue weighted by Gasteiger charge is -2.12. The number of halogens is 2. The third kappa shape index (κ3) is 2.47. The van der Waals surface area contributed by atoms with Crippen LogP contribution in [0.5, 0.6) is 0 Å². The molecule has 1 amide bonds. The summed E-state index contributed by atoms with van der Waals surface area (Å²) in [6.45, 7) is 2.87. The van der Waals surface area contributed by atoms with Crippen molar-refractivity contribution in [1.82, 2.24) is 4.72 Å². The fraction of sp³-hybridized carbons (Fsp3) is 0.417. The van der Waals surface area contributed by atoms with Crippen LogP contribution in [-0.2, 0) is 10.0 Å². The summed E-state index contributed by atoms with van der Waals surface area (Å²) in [4.78, 5) is 11.8. The van der Waals surface area contributed by atoms with E-state index in [9.17, 15) is 22.0 Å². The van der Waals surface area contributed by atoms with Gasteiger partial charge in [0, 0.05) is 6.07 Å². The molecular weight excluding hydrogens is 276 g/mol. The molecule has 104 valence electrons. The minimum absolute atomic E-state index is 0.0709. The van der Waals surface area contributed by atoms with Gasteiger partial charge in [0.15, 0.2) is 0 Å². The number of aryl methyl sites for hydroxylation is 1. The van der Waals surface area contributed by atoms with Crippen molar-refractivity contribution in [2.24, 2.45) is 0 Å². The van der Waals surface area contributed by atoms with E-state index in [1.165, 1.54) is 13.8 Å². The van der Waals surface area contributed by atoms with Crippen LogP contribution >= 0.6 is 0 Å². The van der Waals surface area contributed by atoms with Crippen LogP contribution in [0.25, 0.3) is 0 Å². The van der Waals surface area contributed by atoms with E-state index in [-0.39, 0.29) is 5.56 Å². The summed E-state index contributed by atoms with van der Waals surface area (Å²) >= 11 is 0. The Labute approximate surface area is 109 Å². The van der Waals surface area contributed by atoms with Crippen LogP contribution in [0, 0.1) is 18.6 Å². The maximum absolute atomic E-state index is 13.5. The van der Waals surface area contributed by atoms with Gasteiger partial charge in [-0.15, -0.1) is 0 Å². The highest BCUT2D eigenvalue weighted by molar-refractivity contribution is 7.91. The Kier molecular flexibility index (Phi) is 3.12. The first-order chi connectivity index (χ1) is 8.66. The minimum atomic E-state index is -3.83. The molecule has 0 aromatic heterocycles. The van der Waals surface area contributed by atoms with Crippen molar-refractivity contribution in [3.63, 3.8) is 0 Å². The van der Waals surface area contributed by atoms with Crippen LogP contribution in [0.15, 0.2) is 12.1 Å². The SMILES string of the molecule is Cc1cc(C(=O)NS(=O)(=O)C2(C)CC2)c(F)cc1F. The molecule has 0 bridgehead atoms. The molecule has 2 rings (SSSR count). The Bertz CT molecular complexity index is 651. The van der Waals surface area contributed by atoms with E-state index in [2.05, 4.69) is 0 Å². The van der Waals surface area contributed by atoms with Crippen molar-refractivity contribution in [3.8, 4) is 0 Å². The van der Waals surface area contributed by atoms with E-state index in [0.717, 1.165) is 6.07 Å². The molecule has 1 fully saturated rings. The number of nitrogens with one attached hydrogen (secondary N) is 1. The Balaban J connectivity index is 2.29. The van der Waals surface area contributed by atoms with Crippen molar-refractivity contribution in [2.45, 2.75) is 31.4 Å². The third-order valence-corrected chi connectivity index (χ3v) is 5.48. The molecule has 0 atom stereocenters. The van der Waals surface area contributed by atoms with E-state index < -0.39 is 37.9 Å². The second kappa shape index (κ2) is 4.26. The van der Waals surface area contributed by atoms with E-state index in [1.54, 1.807) is 0 Å². The number of amides is 1. The Morgan fingerprint density at radius 1 is 1.26 bits per heavy atom. The fourth-order valence-corrected chi connectivity index (χ4v) is 2.82. The molecule has 19 heavy (non-hydrogen) atoms. The predicted octanol–water partition coefficient (Wildman–Crippen LogP) is 1.89. The van der Waals surface area contributed by atoms with E-state index >= 15 is 0 Å². The Morgan fingerprint density at radius 2 is 1.84 bits per heavy atom. The van der Waals surface area contributed by atoms with Gasteiger partial charge in [0.2, 0.25) is 10.0 Å². The lowest BCUT2D eigenvalue weighted by molar-refractivity contribution is 0.0977. The molecule has 1 aromatic carbocycles. The van der Waals surface area contributed by atoms with Crippen molar-refractivity contribution in [1.29, 1.82) is 0 Å². The van der Waals surface area contributed by atoms with E-state index in [0.29, 0.717) is 18.9 Å². The minimum Gasteiger partial charge on any atom is -0.268 e. The molecule has 1 saturated carbocycles. The highest BCUT2D eigenvalue weighted by atomic mass is 32.2. The number of carbonyl (C=O) groups excluding carboxylic acids is 1. The molecule has 1 aliphatic rings. The Hall–Kier alpha value is -1.50. The number of benzene rings is 1. The summed E-state index contributed by atoms with van der Waals surface area (Å²) in [5, 5.41) is 0. The summed E-state index contributed by atoms with van der Waals surface area (Å²) in [7, 11) is -3.83. The maximum Gasteiger partial charge on any atom is 0.267 e. The molecule has 0 heterocycles. The Morgan fingerprint density at radius 3 is 2.37 bits per heavy atom. The van der Waals surface area contributed by atoms with Gasteiger partial charge in [-0.25, -0.2) is 21.9 Å². The number of hydrogen-bond donors (Lipinski definition) is 1. The van der Waals surface area contributed by atoms with Gasteiger partial charge in [-0.1, -0.05) is 0 Å². The monoisotopic (exact) mass is 289 g/mol. The molecule has 4 nitrogen and oxygen atoms in total. The van der Waals surface area contributed by atoms with Crippen molar-refractivity contribution >= 4 is 15.9 Å². The zero-order valence-corrected chi connectivity index (χ0v) is 11.3. The summed E-state index contributed by atoms with van der Waals surface area (Å²) in [6.07, 6.45) is 0.918. The van der Waals surface area contributed by atoms with Gasteiger partial charge >= 0.3 is 0 Å². The molecule has 0 saturated heterocycles. The predicted molar refractivity (Wildman–Crippen MR) is 65.1 cm³/mol. The molecule has 0 spiro atoms. The van der Waals surface area contributed by atoms with Gasteiger partial charge in [0.25, 0.3) is 5.91 Å². The summed E-state index contributed by atoms with van der Waals surface area (Å²) < 4.78 is 51.1. The lowest BCUT2D eigenvalue weighted by Crippen LogP contribution is -2.38. The number of carbonyl (C=O) groups is 1. The number of sulfonamides is 1. The van der Waals surface area contributed by atoms with Crippen LogP contribution < -0.4 is 4.72 Å². The second-order valence-corrected chi connectivity index (χ2v) is 7.16. The first-order valence-electron chi connectivity index (χ1n) is 5.69. The summed E-state index contributed by atoms with van der Waals surface area (Å²) in [6, 6.07) is 1.56. The van der Waals surface area contributed by atoms with Crippen LogP contribution in [0.2, 0.25) is 0 Å². The molecule has 0 unspecified atom stereocenters. The second-order valence-electron chi connectivity index (χ2n) is 4.97. The van der Waals surface area contributed by atoms with E-state index in [1.807, 2.05) is 4.72 Å². The van der Waals surface area contributed by atoms with Gasteiger partial charge < -0.3 is 0 Å². The van der Waals surface area contributed by atoms with Gasteiger partial charge in [-0.2, -0.15) is 0 Å². The molecule has 1 aromatic rings. The summed E-state index contributed by atoms with van der Waals surface area (Å²) in [5.74, 6) is -2.95. The smallest absolute Gasteiger partial charge is 0.267 e. The normalized spacial score (nSPS) is 17.1. The van der Waals surface area contributed by atoms with Crippen molar-refractivity contribution in [3.05, 3.63) is 34.9 Å². The lowest BCUT2D eigenvalue weighted by atomic mass is 10.1. The summed E-state index contributed by atoms with van der Waals surface area (Å²) in [5.41, 5.74) is -0.409. The molecule has 0 aliphatic heterocycles. The van der Waals surface area contributed by atoms with Gasteiger partial charge in [0.1, 0.15) is 11.6 Å². The molecule has 1 aliphatic carbocycles. The standard InChI is InChI=1S/C12H13F2NO3S/c1-7-5-8(10(14)6-9(7)13)11(16)15-19(17,18)12(2)3-4-12/h5-6H,3-4H2,1-2H3,(H,15,16). The molecule has 7 heteroatoms. The van der Waals surface area contributed by atoms with Crippen LogP contribution in [-0.4, -0.2) is 19.1 Å². The highest BCUT2D eigenvalue weighted by Gasteiger charge is 2.50. The van der Waals surface area contributed by atoms with Crippen LogP contribution in [0.4, 0.5) is 8.78 Å². The first-order valence-corrected chi connectivity index (χ1v) is 7.17. The highest BCUT2D eigenvalue weighted by Crippen LogP contribution is 2.42. The number of hydrogen-bond acceptors (Lipinski definition) is 3. The van der Waals surface area contributed by atoms with Crippen molar-refractivity contribution in [2.75, 3.05) is 0 Å². The third-order valence-electron chi connectivity index (χ3n) is 3.32. The largest absolute Gasteiger partial charge is 0.268 e. The number of rotatable bonds is 3. The average Bonchev–Trinajstić information content (AvgIpc) is 3.03. The van der Waals surface area contributed by atoms with E-state index in [4.69, 9.17) is 0 Å².